The molecule has 0 aromatic carbocycles. The molecule has 0 aliphatic carbocycles. The van der Waals surface area contributed by atoms with E-state index in [4.69, 9.17) is 10.3 Å². The zero-order valence-corrected chi connectivity index (χ0v) is 10.0. The summed E-state index contributed by atoms with van der Waals surface area (Å²) in [6.07, 6.45) is 3.10. The van der Waals surface area contributed by atoms with E-state index in [-0.39, 0.29) is 6.04 Å². The van der Waals surface area contributed by atoms with Crippen LogP contribution < -0.4 is 5.73 Å². The summed E-state index contributed by atoms with van der Waals surface area (Å²) in [5.41, 5.74) is 6.94. The molecule has 0 spiro atoms. The predicted molar refractivity (Wildman–Crippen MR) is 64.1 cm³/mol. The smallest absolute Gasteiger partial charge is 0.243 e. The van der Waals surface area contributed by atoms with Crippen LogP contribution in [0.15, 0.2) is 21.3 Å². The van der Waals surface area contributed by atoms with Gasteiger partial charge in [0.15, 0.2) is 0 Å². The molecule has 4 nitrogen and oxygen atoms in total. The van der Waals surface area contributed by atoms with Crippen LogP contribution in [-0.4, -0.2) is 10.1 Å². The first-order chi connectivity index (χ1) is 7.81. The predicted octanol–water partition coefficient (Wildman–Crippen LogP) is 2.99. The van der Waals surface area contributed by atoms with Crippen LogP contribution in [0.2, 0.25) is 0 Å². The Labute approximate surface area is 98.5 Å². The van der Waals surface area contributed by atoms with Crippen molar-refractivity contribution in [3.8, 4) is 11.4 Å². The van der Waals surface area contributed by atoms with E-state index >= 15 is 0 Å². The van der Waals surface area contributed by atoms with Crippen LogP contribution in [0.25, 0.3) is 11.4 Å². The van der Waals surface area contributed by atoms with Crippen molar-refractivity contribution in [2.45, 2.75) is 32.2 Å². The molecule has 0 bridgehead atoms. The molecule has 0 saturated heterocycles. The van der Waals surface area contributed by atoms with Gasteiger partial charge >= 0.3 is 0 Å². The van der Waals surface area contributed by atoms with Crippen LogP contribution in [0.1, 0.15) is 38.1 Å². The van der Waals surface area contributed by atoms with Gasteiger partial charge in [0.2, 0.25) is 11.7 Å². The van der Waals surface area contributed by atoms with E-state index in [0.717, 1.165) is 24.8 Å². The second-order valence-corrected chi connectivity index (χ2v) is 4.50. The van der Waals surface area contributed by atoms with Crippen molar-refractivity contribution in [3.05, 3.63) is 22.7 Å². The maximum absolute atomic E-state index is 5.95. The monoisotopic (exact) mass is 237 g/mol. The third kappa shape index (κ3) is 2.48. The van der Waals surface area contributed by atoms with Gasteiger partial charge in [-0.15, -0.1) is 0 Å². The van der Waals surface area contributed by atoms with Gasteiger partial charge in [-0.05, 0) is 17.9 Å². The third-order valence-corrected chi connectivity index (χ3v) is 3.09. The van der Waals surface area contributed by atoms with Crippen molar-refractivity contribution in [1.82, 2.24) is 10.1 Å². The average molecular weight is 237 g/mol. The molecule has 2 heterocycles. The van der Waals surface area contributed by atoms with Crippen LogP contribution in [0.3, 0.4) is 0 Å². The lowest BCUT2D eigenvalue weighted by Gasteiger charge is -2.03. The quantitative estimate of drug-likeness (QED) is 0.868. The molecule has 0 aliphatic rings. The van der Waals surface area contributed by atoms with Gasteiger partial charge < -0.3 is 10.3 Å². The van der Waals surface area contributed by atoms with Gasteiger partial charge in [-0.2, -0.15) is 16.3 Å². The Bertz CT molecular complexity index is 424. The van der Waals surface area contributed by atoms with Gasteiger partial charge in [-0.25, -0.2) is 0 Å². The minimum absolute atomic E-state index is 0.139. The fraction of sp³-hybridized carbons (Fsp3) is 0.455. The lowest BCUT2D eigenvalue weighted by atomic mass is 10.1. The standard InChI is InChI=1S/C11H15N3OS/c1-2-3-4-9(12)11-13-10(14-15-11)8-5-6-16-7-8/h5-7,9H,2-4,12H2,1H3/t9-/m0/s1. The minimum atomic E-state index is -0.139. The second-order valence-electron chi connectivity index (χ2n) is 3.72. The summed E-state index contributed by atoms with van der Waals surface area (Å²) in [5, 5.41) is 7.91. The largest absolute Gasteiger partial charge is 0.337 e. The number of hydrogen-bond donors (Lipinski definition) is 1. The topological polar surface area (TPSA) is 64.9 Å². The molecule has 2 N–H and O–H groups in total. The summed E-state index contributed by atoms with van der Waals surface area (Å²) in [5.74, 6) is 1.16. The second kappa shape index (κ2) is 5.23. The Hall–Kier alpha value is -1.20. The Balaban J connectivity index is 2.07. The van der Waals surface area contributed by atoms with Gasteiger partial charge in [0, 0.05) is 10.9 Å². The van der Waals surface area contributed by atoms with E-state index in [1.165, 1.54) is 0 Å². The highest BCUT2D eigenvalue weighted by Crippen LogP contribution is 2.21. The van der Waals surface area contributed by atoms with Crippen molar-refractivity contribution in [2.24, 2.45) is 5.73 Å². The molecule has 16 heavy (non-hydrogen) atoms. The number of rotatable bonds is 5. The SMILES string of the molecule is CCCC[C@H](N)c1nc(-c2ccsc2)no1. The summed E-state index contributed by atoms with van der Waals surface area (Å²) in [6, 6.07) is 1.83. The number of hydrogen-bond acceptors (Lipinski definition) is 5. The van der Waals surface area contributed by atoms with Crippen molar-refractivity contribution in [3.63, 3.8) is 0 Å². The molecule has 0 amide bonds. The van der Waals surface area contributed by atoms with Gasteiger partial charge in [0.25, 0.3) is 0 Å². The van der Waals surface area contributed by atoms with Crippen LogP contribution in [0.4, 0.5) is 0 Å². The summed E-state index contributed by atoms with van der Waals surface area (Å²) in [4.78, 5) is 4.31. The molecule has 0 fully saturated rings. The molecule has 0 saturated carbocycles. The van der Waals surface area contributed by atoms with Crippen molar-refractivity contribution in [2.75, 3.05) is 0 Å². The first-order valence-corrected chi connectivity index (χ1v) is 6.37. The molecule has 2 aromatic rings. The molecule has 2 rings (SSSR count). The van der Waals surface area contributed by atoms with Gasteiger partial charge in [0.05, 0.1) is 6.04 Å². The number of nitrogens with two attached hydrogens (primary N) is 1. The molecule has 0 unspecified atom stereocenters. The van der Waals surface area contributed by atoms with Crippen LogP contribution in [-0.2, 0) is 0 Å². The molecule has 5 heteroatoms. The average Bonchev–Trinajstić information content (AvgIpc) is 2.94. The Kier molecular flexibility index (Phi) is 3.69. The Morgan fingerprint density at radius 1 is 1.56 bits per heavy atom. The van der Waals surface area contributed by atoms with E-state index in [2.05, 4.69) is 17.1 Å². The molecule has 86 valence electrons. The lowest BCUT2D eigenvalue weighted by molar-refractivity contribution is 0.346. The minimum Gasteiger partial charge on any atom is -0.337 e. The summed E-state index contributed by atoms with van der Waals surface area (Å²) in [7, 11) is 0. The Morgan fingerprint density at radius 3 is 3.12 bits per heavy atom. The highest BCUT2D eigenvalue weighted by atomic mass is 32.1. The maximum Gasteiger partial charge on any atom is 0.243 e. The molecule has 0 radical (unpaired) electrons. The van der Waals surface area contributed by atoms with E-state index in [1.54, 1.807) is 11.3 Å². The van der Waals surface area contributed by atoms with Crippen molar-refractivity contribution in [1.29, 1.82) is 0 Å². The van der Waals surface area contributed by atoms with Crippen LogP contribution >= 0.6 is 11.3 Å². The summed E-state index contributed by atoms with van der Waals surface area (Å²) in [6.45, 7) is 2.14. The molecular formula is C11H15N3OS. The summed E-state index contributed by atoms with van der Waals surface area (Å²) < 4.78 is 5.17. The molecule has 1 atom stereocenters. The maximum atomic E-state index is 5.95. The molecule has 0 aliphatic heterocycles. The zero-order chi connectivity index (χ0) is 11.4. The molecule has 2 aromatic heterocycles. The zero-order valence-electron chi connectivity index (χ0n) is 9.22. The van der Waals surface area contributed by atoms with Crippen LogP contribution in [0.5, 0.6) is 0 Å². The third-order valence-electron chi connectivity index (χ3n) is 2.41. The van der Waals surface area contributed by atoms with E-state index in [0.29, 0.717) is 11.7 Å². The highest BCUT2D eigenvalue weighted by Gasteiger charge is 2.15. The highest BCUT2D eigenvalue weighted by molar-refractivity contribution is 7.08. The van der Waals surface area contributed by atoms with E-state index in [9.17, 15) is 0 Å². The van der Waals surface area contributed by atoms with E-state index in [1.807, 2.05) is 16.8 Å². The number of thiophene rings is 1. The Morgan fingerprint density at radius 2 is 2.44 bits per heavy atom. The van der Waals surface area contributed by atoms with Gasteiger partial charge in [0.1, 0.15) is 0 Å². The van der Waals surface area contributed by atoms with Crippen molar-refractivity contribution < 1.29 is 4.52 Å². The lowest BCUT2D eigenvalue weighted by Crippen LogP contribution is -2.10. The van der Waals surface area contributed by atoms with Crippen LogP contribution in [0, 0.1) is 0 Å². The number of nitrogens with zero attached hydrogens (tertiary/aromatic N) is 2. The fourth-order valence-corrected chi connectivity index (χ4v) is 2.08. The molecular weight excluding hydrogens is 222 g/mol. The van der Waals surface area contributed by atoms with E-state index < -0.39 is 0 Å². The summed E-state index contributed by atoms with van der Waals surface area (Å²) >= 11 is 1.61. The fourth-order valence-electron chi connectivity index (χ4n) is 1.44. The van der Waals surface area contributed by atoms with Gasteiger partial charge in [-0.1, -0.05) is 24.9 Å². The van der Waals surface area contributed by atoms with Crippen molar-refractivity contribution >= 4 is 11.3 Å². The normalized spacial score (nSPS) is 12.9. The number of unbranched alkanes of at least 4 members (excludes halogenated alkanes) is 1. The first kappa shape index (κ1) is 11.3. The number of aromatic nitrogens is 2. The van der Waals surface area contributed by atoms with Gasteiger partial charge in [-0.3, -0.25) is 0 Å². The first-order valence-electron chi connectivity index (χ1n) is 5.43.